The molecule has 0 aliphatic heterocycles. The number of aliphatic hydroxyl groups is 1. The Kier molecular flexibility index (Phi) is 24.4. The molecule has 0 aromatic heterocycles. The molecule has 0 heterocycles. The van der Waals surface area contributed by atoms with E-state index >= 15 is 0 Å². The van der Waals surface area contributed by atoms with Crippen LogP contribution in [0.5, 0.6) is 0 Å². The van der Waals surface area contributed by atoms with Gasteiger partial charge in [0.15, 0.2) is 0 Å². The van der Waals surface area contributed by atoms with Crippen molar-refractivity contribution in [3.05, 3.63) is 0 Å². The van der Waals surface area contributed by atoms with Crippen LogP contribution in [0.25, 0.3) is 0 Å². The van der Waals surface area contributed by atoms with Crippen LogP contribution in [0, 0.1) is 0 Å². The van der Waals surface area contributed by atoms with E-state index in [9.17, 15) is 0 Å². The van der Waals surface area contributed by atoms with Crippen molar-refractivity contribution in [3.8, 4) is 0 Å². The van der Waals surface area contributed by atoms with Gasteiger partial charge in [-0.2, -0.15) is 0 Å². The maximum Gasteiger partial charge on any atom is 0.0402 e. The lowest BCUT2D eigenvalue weighted by molar-refractivity contribution is 0.318. The maximum atomic E-state index is 7.57. The van der Waals surface area contributed by atoms with E-state index < -0.39 is 0 Å². The predicted molar refractivity (Wildman–Crippen MR) is 40.3 cm³/mol. The average molecular weight is 234 g/mol. The molecule has 0 spiro atoms. The average Bonchev–Trinajstić information content (AvgIpc) is 1.69. The highest BCUT2D eigenvalue weighted by Crippen LogP contribution is 1.82. The molecule has 0 unspecified atom stereocenters. The van der Waals surface area contributed by atoms with Crippen LogP contribution in [0.1, 0.15) is 6.92 Å². The molecule has 3 heteroatoms. The molecule has 1 nitrogen and oxygen atoms in total. The number of halogens is 2. The van der Waals surface area contributed by atoms with Crippen molar-refractivity contribution in [2.75, 3.05) is 17.3 Å². The van der Waals surface area contributed by atoms with Gasteiger partial charge in [-0.1, -0.05) is 31.9 Å². The summed E-state index contributed by atoms with van der Waals surface area (Å²) in [5.41, 5.74) is 0. The molecule has 7 heavy (non-hydrogen) atoms. The summed E-state index contributed by atoms with van der Waals surface area (Å²) in [6.07, 6.45) is 0. The highest BCUT2D eigenvalue weighted by molar-refractivity contribution is 9.11. The first kappa shape index (κ1) is 10.8. The minimum atomic E-state index is 0.250. The van der Waals surface area contributed by atoms with Crippen molar-refractivity contribution in [3.63, 3.8) is 0 Å². The van der Waals surface area contributed by atoms with Crippen LogP contribution in [0.2, 0.25) is 0 Å². The van der Waals surface area contributed by atoms with Gasteiger partial charge >= 0.3 is 0 Å². The second-order valence-electron chi connectivity index (χ2n) is 0.694. The first-order chi connectivity index (χ1) is 3.33. The standard InChI is InChI=1S/C2H4Br2.C2H6O/c3-1-2-4;1-2-3/h1-2H2;3H,2H2,1H3. The molecule has 0 bridgehead atoms. The van der Waals surface area contributed by atoms with E-state index in [4.69, 9.17) is 5.11 Å². The van der Waals surface area contributed by atoms with Gasteiger partial charge < -0.3 is 5.11 Å². The van der Waals surface area contributed by atoms with E-state index in [1.807, 2.05) is 0 Å². The minimum Gasteiger partial charge on any atom is -0.397 e. The van der Waals surface area contributed by atoms with E-state index in [0.29, 0.717) is 0 Å². The lowest BCUT2D eigenvalue weighted by Gasteiger charge is -1.63. The molecule has 0 aromatic carbocycles. The Morgan fingerprint density at radius 3 is 1.43 bits per heavy atom. The number of rotatable bonds is 1. The van der Waals surface area contributed by atoms with E-state index in [0.717, 1.165) is 10.7 Å². The third kappa shape index (κ3) is 45.4. The van der Waals surface area contributed by atoms with E-state index in [1.54, 1.807) is 6.92 Å². The summed E-state index contributed by atoms with van der Waals surface area (Å²) in [6, 6.07) is 0. The van der Waals surface area contributed by atoms with Gasteiger partial charge in [0, 0.05) is 17.3 Å². The van der Waals surface area contributed by atoms with Gasteiger partial charge in [-0.3, -0.25) is 0 Å². The minimum absolute atomic E-state index is 0.250. The molecule has 0 rings (SSSR count). The Bertz CT molecular complexity index is 17.2. The zero-order chi connectivity index (χ0) is 6.12. The Balaban J connectivity index is 0. The van der Waals surface area contributed by atoms with Crippen LogP contribution in [-0.4, -0.2) is 22.4 Å². The van der Waals surface area contributed by atoms with Crippen molar-refractivity contribution in [2.24, 2.45) is 0 Å². The summed E-state index contributed by atoms with van der Waals surface area (Å²) in [5, 5.41) is 9.67. The predicted octanol–water partition coefficient (Wildman–Crippen LogP) is 1.77. The summed E-state index contributed by atoms with van der Waals surface area (Å²) in [7, 11) is 0. The second-order valence-corrected chi connectivity index (χ2v) is 2.28. The normalized spacial score (nSPS) is 6.86. The van der Waals surface area contributed by atoms with Crippen molar-refractivity contribution in [1.29, 1.82) is 0 Å². The number of hydrogen-bond donors (Lipinski definition) is 1. The van der Waals surface area contributed by atoms with Crippen LogP contribution >= 0.6 is 31.9 Å². The molecule has 46 valence electrons. The molecule has 0 aromatic rings. The zero-order valence-electron chi connectivity index (χ0n) is 4.32. The van der Waals surface area contributed by atoms with Gasteiger partial charge in [-0.15, -0.1) is 0 Å². The molecule has 0 aliphatic carbocycles. The largest absolute Gasteiger partial charge is 0.397 e. The Hall–Kier alpha value is 0.920. The van der Waals surface area contributed by atoms with Gasteiger partial charge in [0.25, 0.3) is 0 Å². The highest BCUT2D eigenvalue weighted by Gasteiger charge is 1.60. The quantitative estimate of drug-likeness (QED) is 0.685. The van der Waals surface area contributed by atoms with Crippen LogP contribution < -0.4 is 0 Å². The summed E-state index contributed by atoms with van der Waals surface area (Å²) in [6.45, 7) is 1.93. The van der Waals surface area contributed by atoms with E-state index in [2.05, 4.69) is 31.9 Å². The third-order valence-electron chi connectivity index (χ3n) is 0.0714. The Morgan fingerprint density at radius 2 is 1.43 bits per heavy atom. The van der Waals surface area contributed by atoms with Crippen LogP contribution in [-0.2, 0) is 0 Å². The van der Waals surface area contributed by atoms with Crippen molar-refractivity contribution in [1.82, 2.24) is 0 Å². The summed E-state index contributed by atoms with van der Waals surface area (Å²) >= 11 is 6.40. The smallest absolute Gasteiger partial charge is 0.0402 e. The number of hydrogen-bond acceptors (Lipinski definition) is 1. The van der Waals surface area contributed by atoms with Crippen LogP contribution in [0.15, 0.2) is 0 Å². The molecular formula is C4H10Br2O. The first-order valence-electron chi connectivity index (χ1n) is 2.06. The van der Waals surface area contributed by atoms with E-state index in [1.165, 1.54) is 0 Å². The molecule has 0 atom stereocenters. The molecule has 0 fully saturated rings. The van der Waals surface area contributed by atoms with Gasteiger partial charge in [-0.25, -0.2) is 0 Å². The van der Waals surface area contributed by atoms with Gasteiger partial charge in [0.05, 0.1) is 0 Å². The fourth-order valence-electron chi connectivity index (χ4n) is 0. The lowest BCUT2D eigenvalue weighted by Crippen LogP contribution is -1.61. The topological polar surface area (TPSA) is 20.2 Å². The molecule has 1 N–H and O–H groups in total. The fourth-order valence-corrected chi connectivity index (χ4v) is 0. The molecule has 0 saturated carbocycles. The highest BCUT2D eigenvalue weighted by atomic mass is 79.9. The Labute approximate surface area is 61.4 Å². The molecule has 0 saturated heterocycles. The maximum absolute atomic E-state index is 7.57. The Morgan fingerprint density at radius 1 is 1.29 bits per heavy atom. The molecule has 0 amide bonds. The van der Waals surface area contributed by atoms with Gasteiger partial charge in [-0.05, 0) is 6.92 Å². The molecular weight excluding hydrogens is 224 g/mol. The molecule has 0 radical (unpaired) electrons. The van der Waals surface area contributed by atoms with Crippen molar-refractivity contribution in [2.45, 2.75) is 6.92 Å². The SMILES string of the molecule is BrCCBr.CCO. The van der Waals surface area contributed by atoms with E-state index in [-0.39, 0.29) is 6.61 Å². The first-order valence-corrected chi connectivity index (χ1v) is 4.30. The monoisotopic (exact) mass is 232 g/mol. The van der Waals surface area contributed by atoms with Crippen LogP contribution in [0.4, 0.5) is 0 Å². The third-order valence-corrected chi connectivity index (χ3v) is 1.93. The number of alkyl halides is 2. The summed E-state index contributed by atoms with van der Waals surface area (Å²) in [5.74, 6) is 0. The fraction of sp³-hybridized carbons (Fsp3) is 1.00. The second kappa shape index (κ2) is 15.8. The summed E-state index contributed by atoms with van der Waals surface area (Å²) in [4.78, 5) is 0. The van der Waals surface area contributed by atoms with Gasteiger partial charge in [0.2, 0.25) is 0 Å². The summed E-state index contributed by atoms with van der Waals surface area (Å²) < 4.78 is 0. The molecule has 0 aliphatic rings. The van der Waals surface area contributed by atoms with Crippen molar-refractivity contribution >= 4 is 31.9 Å². The van der Waals surface area contributed by atoms with Gasteiger partial charge in [0.1, 0.15) is 0 Å². The number of aliphatic hydroxyl groups excluding tert-OH is 1. The van der Waals surface area contributed by atoms with Crippen LogP contribution in [0.3, 0.4) is 0 Å². The van der Waals surface area contributed by atoms with Crippen molar-refractivity contribution < 1.29 is 5.11 Å². The lowest BCUT2D eigenvalue weighted by atomic mass is 10.9. The zero-order valence-corrected chi connectivity index (χ0v) is 7.50.